The number of benzene rings is 7. The van der Waals surface area contributed by atoms with Gasteiger partial charge in [0.05, 0.1) is 11.3 Å². The summed E-state index contributed by atoms with van der Waals surface area (Å²) in [6.45, 7) is 4.58. The van der Waals surface area contributed by atoms with Crippen molar-refractivity contribution < 1.29 is 25.5 Å². The molecule has 0 spiro atoms. The number of hydrogen-bond donors (Lipinski definition) is 0. The molecule has 4 aromatic heterocycles. The van der Waals surface area contributed by atoms with Gasteiger partial charge in [-0.2, -0.15) is 23.4 Å². The zero-order chi connectivity index (χ0) is 39.3. The number of aromatic nitrogens is 3. The Bertz CT molecular complexity index is 3410. The molecule has 0 saturated carbocycles. The first-order valence-electron chi connectivity index (χ1n) is 20.1. The summed E-state index contributed by atoms with van der Waals surface area (Å²) in [5.74, 6) is 0.879. The molecule has 0 bridgehead atoms. The van der Waals surface area contributed by atoms with Crippen LogP contribution in [0.1, 0.15) is 25.0 Å². The molecule has 1 aliphatic heterocycles. The van der Waals surface area contributed by atoms with Gasteiger partial charge in [-0.25, -0.2) is 4.98 Å². The van der Waals surface area contributed by atoms with E-state index in [9.17, 15) is 0 Å². The summed E-state index contributed by atoms with van der Waals surface area (Å²) in [5.41, 5.74) is 7.62. The summed E-state index contributed by atoms with van der Waals surface area (Å²) in [4.78, 5) is 12.4. The van der Waals surface area contributed by atoms with Crippen molar-refractivity contribution in [2.45, 2.75) is 19.3 Å². The summed E-state index contributed by atoms with van der Waals surface area (Å²) in [6.07, 6.45) is 5.84. The molecule has 12 rings (SSSR count). The molecule has 0 aliphatic carbocycles. The Morgan fingerprint density at radius 1 is 0.567 bits per heavy atom. The molecule has 7 aromatic carbocycles. The molecule has 0 fully saturated rings. The van der Waals surface area contributed by atoms with Crippen molar-refractivity contribution >= 4 is 95.3 Å². The molecule has 0 atom stereocenters. The smallest absolute Gasteiger partial charge is 0.454 e. The molecular formula is C53H36N4OPtSi. The van der Waals surface area contributed by atoms with E-state index in [-0.39, 0.29) is 26.5 Å². The first-order valence-corrected chi connectivity index (χ1v) is 22.1. The largest absolute Gasteiger partial charge is 2.00 e. The molecule has 11 aromatic rings. The summed E-state index contributed by atoms with van der Waals surface area (Å²) >= 11 is 0. The van der Waals surface area contributed by atoms with Gasteiger partial charge in [0.1, 0.15) is 19.5 Å². The Balaban J connectivity index is 0.00000408. The van der Waals surface area contributed by atoms with Gasteiger partial charge in [-0.3, -0.25) is 4.98 Å². The molecular weight excluding hydrogens is 932 g/mol. The molecule has 0 radical (unpaired) electrons. The van der Waals surface area contributed by atoms with E-state index in [0.717, 1.165) is 77.0 Å². The van der Waals surface area contributed by atoms with Crippen molar-refractivity contribution in [3.05, 3.63) is 206 Å². The fraction of sp³-hybridized carbons (Fsp3) is 0.0566. The predicted octanol–water partition coefficient (Wildman–Crippen LogP) is 10.0. The number of furan rings is 1. The van der Waals surface area contributed by atoms with Gasteiger partial charge in [0.15, 0.2) is 5.58 Å². The Labute approximate surface area is 362 Å². The SMILES string of the molecule is CC1(C)c2cccnc2N(c2[c-]c([Si](c3[c-]c4c(cc3)c3ccccc3n3ccnc43)(c3ccccc3)c3ccccc3)ccc2)c2c1ccc1c2oc2ccccc21.[Pt+2]. The van der Waals surface area contributed by atoms with E-state index in [0.29, 0.717) is 0 Å². The van der Waals surface area contributed by atoms with Crippen LogP contribution in [0, 0.1) is 12.1 Å². The van der Waals surface area contributed by atoms with Crippen molar-refractivity contribution in [2.24, 2.45) is 0 Å². The summed E-state index contributed by atoms with van der Waals surface area (Å²) in [5, 5.41) is 10.2. The zero-order valence-corrected chi connectivity index (χ0v) is 36.1. The van der Waals surface area contributed by atoms with Crippen LogP contribution in [-0.2, 0) is 26.5 Å². The maximum absolute atomic E-state index is 6.83. The molecule has 0 amide bonds. The topological polar surface area (TPSA) is 46.6 Å². The van der Waals surface area contributed by atoms with E-state index in [1.165, 1.54) is 21.3 Å². The van der Waals surface area contributed by atoms with E-state index < -0.39 is 8.07 Å². The number of hydrogen-bond acceptors (Lipinski definition) is 4. The first kappa shape index (κ1) is 36.5. The number of nitrogens with zero attached hydrogens (tertiary/aromatic N) is 4. The Morgan fingerprint density at radius 2 is 1.27 bits per heavy atom. The number of para-hydroxylation sites is 2. The third kappa shape index (κ3) is 5.08. The standard InChI is InChI=1S/C53H36N4OSi.Pt/c1-53(2)45-29-28-43-42-22-10-12-25-48(42)58-50(43)49(45)57(52-46(53)23-14-30-54-52)35-15-13-20-38(33-35)59(36-16-5-3-6-17-36,37-18-7-4-8-19-37)39-26-27-40-41-21-9-11-24-47(41)56-32-31-55-51(56)44(40)34-39;/h3-32H,1-2H3;/q-2;+2. The zero-order valence-electron chi connectivity index (χ0n) is 32.8. The maximum atomic E-state index is 6.83. The molecule has 60 heavy (non-hydrogen) atoms. The van der Waals surface area contributed by atoms with Crippen LogP contribution in [0.3, 0.4) is 0 Å². The van der Waals surface area contributed by atoms with E-state index >= 15 is 0 Å². The minimum Gasteiger partial charge on any atom is -0.454 e. The van der Waals surface area contributed by atoms with Crippen LogP contribution in [0.2, 0.25) is 0 Å². The Kier molecular flexibility index (Phi) is 8.35. The number of rotatable bonds is 5. The van der Waals surface area contributed by atoms with Gasteiger partial charge in [-0.1, -0.05) is 140 Å². The second kappa shape index (κ2) is 13.7. The second-order valence-corrected chi connectivity index (χ2v) is 19.7. The molecule has 288 valence electrons. The van der Waals surface area contributed by atoms with Crippen molar-refractivity contribution in [3.8, 4) is 0 Å². The molecule has 1 aliphatic rings. The minimum atomic E-state index is -3.16. The van der Waals surface area contributed by atoms with Crippen molar-refractivity contribution in [1.29, 1.82) is 0 Å². The molecule has 0 unspecified atom stereocenters. The molecule has 7 heteroatoms. The van der Waals surface area contributed by atoms with Gasteiger partial charge in [0.25, 0.3) is 0 Å². The van der Waals surface area contributed by atoms with E-state index in [1.807, 2.05) is 24.5 Å². The molecule has 5 heterocycles. The molecule has 0 saturated heterocycles. The van der Waals surface area contributed by atoms with Crippen molar-refractivity contribution in [2.75, 3.05) is 4.90 Å². The quantitative estimate of drug-likeness (QED) is 0.0747. The minimum absolute atomic E-state index is 0. The van der Waals surface area contributed by atoms with Crippen LogP contribution in [-0.4, -0.2) is 22.4 Å². The van der Waals surface area contributed by atoms with Gasteiger partial charge in [0.2, 0.25) is 0 Å². The summed E-state index contributed by atoms with van der Waals surface area (Å²) in [7, 11) is -3.16. The maximum Gasteiger partial charge on any atom is 2.00 e. The third-order valence-electron chi connectivity index (χ3n) is 12.6. The van der Waals surface area contributed by atoms with Crippen LogP contribution in [0.5, 0.6) is 0 Å². The van der Waals surface area contributed by atoms with Crippen LogP contribution in [0.25, 0.3) is 49.3 Å². The van der Waals surface area contributed by atoms with E-state index in [4.69, 9.17) is 14.4 Å². The number of fused-ring (bicyclic) bond motifs is 12. The number of pyridine rings is 2. The van der Waals surface area contributed by atoms with Crippen molar-refractivity contribution in [1.82, 2.24) is 14.4 Å². The van der Waals surface area contributed by atoms with Gasteiger partial charge in [0, 0.05) is 45.9 Å². The van der Waals surface area contributed by atoms with Crippen LogP contribution >= 0.6 is 0 Å². The first-order chi connectivity index (χ1) is 29.0. The van der Waals surface area contributed by atoms with Gasteiger partial charge >= 0.3 is 21.1 Å². The van der Waals surface area contributed by atoms with Crippen LogP contribution < -0.4 is 25.6 Å². The summed E-state index contributed by atoms with van der Waals surface area (Å²) in [6, 6.07) is 67.1. The monoisotopic (exact) mass is 967 g/mol. The molecule has 0 N–H and O–H groups in total. The second-order valence-electron chi connectivity index (χ2n) is 16.0. The average molecular weight is 968 g/mol. The fourth-order valence-corrected chi connectivity index (χ4v) is 14.4. The van der Waals surface area contributed by atoms with E-state index in [2.05, 4.69) is 193 Å². The normalized spacial score (nSPS) is 13.5. The van der Waals surface area contributed by atoms with Gasteiger partial charge < -0.3 is 13.7 Å². The number of imidazole rings is 1. The Hall–Kier alpha value is -6.59. The van der Waals surface area contributed by atoms with Crippen LogP contribution in [0.4, 0.5) is 17.2 Å². The summed E-state index contributed by atoms with van der Waals surface area (Å²) < 4.78 is 9.02. The van der Waals surface area contributed by atoms with Crippen LogP contribution in [0.15, 0.2) is 187 Å². The third-order valence-corrected chi connectivity index (χ3v) is 17.2. The predicted molar refractivity (Wildman–Crippen MR) is 243 cm³/mol. The average Bonchev–Trinajstić information content (AvgIpc) is 3.94. The fourth-order valence-electron chi connectivity index (χ4n) is 9.87. The van der Waals surface area contributed by atoms with Gasteiger partial charge in [-0.05, 0) is 39.5 Å². The number of anilines is 3. The Morgan fingerprint density at radius 3 is 2.07 bits per heavy atom. The van der Waals surface area contributed by atoms with Gasteiger partial charge in [-0.15, -0.1) is 34.8 Å². The molecule has 5 nitrogen and oxygen atoms in total. The van der Waals surface area contributed by atoms with Crippen molar-refractivity contribution in [3.63, 3.8) is 0 Å². The van der Waals surface area contributed by atoms with E-state index in [1.54, 1.807) is 0 Å².